The van der Waals surface area contributed by atoms with Crippen molar-refractivity contribution in [1.29, 1.82) is 0 Å². The number of rotatable bonds is 2. The lowest BCUT2D eigenvalue weighted by Crippen LogP contribution is -2.31. The highest BCUT2D eigenvalue weighted by molar-refractivity contribution is 5.79. The number of hydrogen-bond donors (Lipinski definition) is 1. The number of aromatic nitrogens is 1. The standard InChI is InChI=1S/C7H10N4O2/c1-11(2)7(12)10-9-3-6-4-13-5-8-6/h3-5H,1-2H3,(H,10,12)/b9-3+. The lowest BCUT2D eigenvalue weighted by atomic mass is 10.5. The molecule has 13 heavy (non-hydrogen) atoms. The zero-order valence-electron chi connectivity index (χ0n) is 7.39. The first-order valence-electron chi connectivity index (χ1n) is 3.58. The van der Waals surface area contributed by atoms with Crippen LogP contribution in [0.5, 0.6) is 0 Å². The van der Waals surface area contributed by atoms with E-state index >= 15 is 0 Å². The van der Waals surface area contributed by atoms with E-state index in [0.29, 0.717) is 5.69 Å². The van der Waals surface area contributed by atoms with Crippen molar-refractivity contribution in [1.82, 2.24) is 15.3 Å². The number of hydrazone groups is 1. The van der Waals surface area contributed by atoms with Crippen LogP contribution < -0.4 is 5.43 Å². The number of amides is 2. The number of urea groups is 1. The molecule has 0 atom stereocenters. The molecule has 0 unspecified atom stereocenters. The maximum atomic E-state index is 10.9. The Morgan fingerprint density at radius 1 is 1.77 bits per heavy atom. The van der Waals surface area contributed by atoms with Crippen LogP contribution in [0, 0.1) is 0 Å². The molecule has 70 valence electrons. The van der Waals surface area contributed by atoms with Crippen molar-refractivity contribution < 1.29 is 9.21 Å². The molecule has 0 aliphatic heterocycles. The Bertz CT molecular complexity index is 291. The van der Waals surface area contributed by atoms with E-state index in [2.05, 4.69) is 15.5 Å². The number of nitrogens with zero attached hydrogens (tertiary/aromatic N) is 3. The molecule has 0 aliphatic carbocycles. The topological polar surface area (TPSA) is 70.7 Å². The summed E-state index contributed by atoms with van der Waals surface area (Å²) in [6.07, 6.45) is 4.10. The molecule has 0 aliphatic rings. The first-order chi connectivity index (χ1) is 6.20. The van der Waals surface area contributed by atoms with Crippen LogP contribution in [0.4, 0.5) is 4.79 Å². The average Bonchev–Trinajstić information content (AvgIpc) is 2.56. The van der Waals surface area contributed by atoms with E-state index in [1.165, 1.54) is 23.8 Å². The predicted octanol–water partition coefficient (Wildman–Crippen LogP) is 0.280. The molecule has 0 radical (unpaired) electrons. The van der Waals surface area contributed by atoms with E-state index in [1.54, 1.807) is 14.1 Å². The molecule has 6 nitrogen and oxygen atoms in total. The fourth-order valence-electron chi connectivity index (χ4n) is 0.539. The second-order valence-corrected chi connectivity index (χ2v) is 2.48. The first kappa shape index (κ1) is 9.24. The van der Waals surface area contributed by atoms with E-state index in [4.69, 9.17) is 4.42 Å². The lowest BCUT2D eigenvalue weighted by molar-refractivity contribution is 0.218. The molecule has 6 heteroatoms. The van der Waals surface area contributed by atoms with Gasteiger partial charge in [0.2, 0.25) is 0 Å². The molecule has 0 spiro atoms. The van der Waals surface area contributed by atoms with Crippen molar-refractivity contribution in [2.75, 3.05) is 14.1 Å². The van der Waals surface area contributed by atoms with Gasteiger partial charge in [0.05, 0.1) is 6.21 Å². The summed E-state index contributed by atoms with van der Waals surface area (Å²) >= 11 is 0. The van der Waals surface area contributed by atoms with E-state index in [9.17, 15) is 4.79 Å². The maximum Gasteiger partial charge on any atom is 0.337 e. The minimum atomic E-state index is -0.292. The summed E-state index contributed by atoms with van der Waals surface area (Å²) < 4.78 is 4.69. The van der Waals surface area contributed by atoms with Gasteiger partial charge in [-0.2, -0.15) is 5.10 Å². The van der Waals surface area contributed by atoms with Crippen molar-refractivity contribution in [3.8, 4) is 0 Å². The van der Waals surface area contributed by atoms with Crippen LogP contribution in [0.15, 0.2) is 22.2 Å². The number of carbonyl (C=O) groups is 1. The van der Waals surface area contributed by atoms with Gasteiger partial charge in [0.15, 0.2) is 6.39 Å². The van der Waals surface area contributed by atoms with Gasteiger partial charge in [-0.25, -0.2) is 15.2 Å². The molecule has 1 aromatic heterocycles. The minimum absolute atomic E-state index is 0.292. The van der Waals surface area contributed by atoms with Gasteiger partial charge in [-0.15, -0.1) is 0 Å². The van der Waals surface area contributed by atoms with Gasteiger partial charge in [-0.3, -0.25) is 0 Å². The summed E-state index contributed by atoms with van der Waals surface area (Å²) in [4.78, 5) is 16.1. The quantitative estimate of drug-likeness (QED) is 0.527. The summed E-state index contributed by atoms with van der Waals surface area (Å²) in [5, 5.41) is 3.65. The Labute approximate surface area is 75.2 Å². The number of hydrogen-bond acceptors (Lipinski definition) is 4. The smallest absolute Gasteiger partial charge is 0.337 e. The van der Waals surface area contributed by atoms with Gasteiger partial charge in [0, 0.05) is 14.1 Å². The zero-order valence-corrected chi connectivity index (χ0v) is 7.39. The van der Waals surface area contributed by atoms with Gasteiger partial charge in [-0.05, 0) is 0 Å². The molecule has 0 saturated heterocycles. The molecule has 1 rings (SSSR count). The van der Waals surface area contributed by atoms with Gasteiger partial charge in [0.25, 0.3) is 0 Å². The van der Waals surface area contributed by atoms with Crippen LogP contribution in [0.2, 0.25) is 0 Å². The molecule has 2 amide bonds. The van der Waals surface area contributed by atoms with E-state index < -0.39 is 0 Å². The average molecular weight is 182 g/mol. The zero-order chi connectivity index (χ0) is 9.68. The van der Waals surface area contributed by atoms with E-state index in [-0.39, 0.29) is 6.03 Å². The number of carbonyl (C=O) groups excluding carboxylic acids is 1. The van der Waals surface area contributed by atoms with Crippen LogP contribution in [0.3, 0.4) is 0 Å². The van der Waals surface area contributed by atoms with Crippen LogP contribution in [-0.4, -0.2) is 36.2 Å². The third kappa shape index (κ3) is 2.94. The molecular weight excluding hydrogens is 172 g/mol. The van der Waals surface area contributed by atoms with Gasteiger partial charge in [0.1, 0.15) is 12.0 Å². The van der Waals surface area contributed by atoms with Gasteiger partial charge in [-0.1, -0.05) is 0 Å². The Hall–Kier alpha value is -1.85. The molecular formula is C7H10N4O2. The van der Waals surface area contributed by atoms with Crippen LogP contribution in [0.25, 0.3) is 0 Å². The normalized spacial score (nSPS) is 10.3. The third-order valence-electron chi connectivity index (χ3n) is 1.21. The fourth-order valence-corrected chi connectivity index (χ4v) is 0.539. The summed E-state index contributed by atoms with van der Waals surface area (Å²) in [6, 6.07) is -0.292. The molecule has 0 aromatic carbocycles. The van der Waals surface area contributed by atoms with Gasteiger partial charge < -0.3 is 9.32 Å². The second kappa shape index (κ2) is 4.24. The van der Waals surface area contributed by atoms with Crippen molar-refractivity contribution in [2.24, 2.45) is 5.10 Å². The summed E-state index contributed by atoms with van der Waals surface area (Å²) in [6.45, 7) is 0. The molecule has 1 heterocycles. The summed E-state index contributed by atoms with van der Waals surface area (Å²) in [7, 11) is 3.25. The van der Waals surface area contributed by atoms with E-state index in [1.807, 2.05) is 0 Å². The van der Waals surface area contributed by atoms with Crippen molar-refractivity contribution in [3.05, 3.63) is 18.4 Å². The third-order valence-corrected chi connectivity index (χ3v) is 1.21. The van der Waals surface area contributed by atoms with Gasteiger partial charge >= 0.3 is 6.03 Å². The maximum absolute atomic E-state index is 10.9. The second-order valence-electron chi connectivity index (χ2n) is 2.48. The molecule has 1 N–H and O–H groups in total. The predicted molar refractivity (Wildman–Crippen MR) is 46.3 cm³/mol. The molecule has 1 aromatic rings. The van der Waals surface area contributed by atoms with Crippen LogP contribution in [-0.2, 0) is 0 Å². The lowest BCUT2D eigenvalue weighted by Gasteiger charge is -2.07. The van der Waals surface area contributed by atoms with Crippen molar-refractivity contribution in [2.45, 2.75) is 0 Å². The SMILES string of the molecule is CN(C)C(=O)N/N=C/c1cocn1. The summed E-state index contributed by atoms with van der Waals surface area (Å²) in [5.74, 6) is 0. The largest absolute Gasteiger partial charge is 0.451 e. The summed E-state index contributed by atoms with van der Waals surface area (Å²) in [5.41, 5.74) is 2.85. The molecule has 0 saturated carbocycles. The first-order valence-corrected chi connectivity index (χ1v) is 3.58. The highest BCUT2D eigenvalue weighted by atomic mass is 16.3. The fraction of sp³-hybridized carbons (Fsp3) is 0.286. The van der Waals surface area contributed by atoms with E-state index in [0.717, 1.165) is 0 Å². The Balaban J connectivity index is 2.39. The van der Waals surface area contributed by atoms with Crippen LogP contribution in [0.1, 0.15) is 5.69 Å². The van der Waals surface area contributed by atoms with Crippen molar-refractivity contribution in [3.63, 3.8) is 0 Å². The molecule has 0 fully saturated rings. The highest BCUT2D eigenvalue weighted by Gasteiger charge is 1.98. The Morgan fingerprint density at radius 2 is 2.54 bits per heavy atom. The monoisotopic (exact) mass is 182 g/mol. The Morgan fingerprint density at radius 3 is 3.08 bits per heavy atom. The molecule has 0 bridgehead atoms. The Kier molecular flexibility index (Phi) is 3.02. The van der Waals surface area contributed by atoms with Crippen molar-refractivity contribution >= 4 is 12.2 Å². The number of oxazole rings is 1. The highest BCUT2D eigenvalue weighted by Crippen LogP contribution is 1.88. The number of nitrogens with one attached hydrogen (secondary N) is 1. The van der Waals surface area contributed by atoms with Crippen LogP contribution >= 0.6 is 0 Å². The minimum Gasteiger partial charge on any atom is -0.451 e.